The van der Waals surface area contributed by atoms with E-state index in [-0.39, 0.29) is 160 Å². The molecular weight excluding hydrogens is 1960 g/mol. The Morgan fingerprint density at radius 3 is 0.907 bits per heavy atom. The zero-order valence-corrected chi connectivity index (χ0v) is 87.8. The van der Waals surface area contributed by atoms with Gasteiger partial charge in [0.2, 0.25) is 100 Å². The van der Waals surface area contributed by atoms with Crippen LogP contribution < -0.4 is 153 Å². The zero-order chi connectivity index (χ0) is 112. The number of carbonyl (C=O) groups is 18. The van der Waals surface area contributed by atoms with Gasteiger partial charge in [0.25, 0.3) is 0 Å². The molecule has 0 saturated heterocycles. The Morgan fingerprint density at radius 2 is 0.593 bits per heavy atom. The number of thioether (sulfide) groups is 1. The van der Waals surface area contributed by atoms with Gasteiger partial charge in [-0.15, -0.1) is 0 Å². The summed E-state index contributed by atoms with van der Waals surface area (Å²) in [7, 11) is 0. The number of benzene rings is 3. The van der Waals surface area contributed by atoms with Gasteiger partial charge in [0.05, 0.1) is 12.6 Å². The van der Waals surface area contributed by atoms with Gasteiger partial charge in [0.1, 0.15) is 96.7 Å². The van der Waals surface area contributed by atoms with Crippen LogP contribution in [0.1, 0.15) is 187 Å². The van der Waals surface area contributed by atoms with E-state index in [0.717, 1.165) is 0 Å². The molecule has 0 aromatic heterocycles. The number of guanidine groups is 3. The van der Waals surface area contributed by atoms with Crippen molar-refractivity contribution in [3.8, 4) is 0 Å². The molecule has 0 aliphatic rings. The van der Waals surface area contributed by atoms with Crippen LogP contribution in [-0.4, -0.2) is 302 Å². The standard InChI is InChI=1S/C98H163N31O20S/c1-9-57(6)78(94(147)126-71(49-56(4)5)87(140)119-66(37-38-77(104)131)84(137)116-63(34-23-44-111-96(105)106)80(133)115-62(32-19-21-41-99)82(135)121-69(95(148)149)33-20-22-42-100)129-91(144)74(52-61-30-17-12-18-31-61)123-85(138)67(39-43-101)120-81(134)64(35-24-45-112-97(107)108)118-89(142)72(50-59-26-13-10-14-27-59)124-90(143)73(51-60-28-15-11-16-29-60)125-92(145)75(53-102)127-93(146)76(54-130)128-88(141)70(48-55(2)3)122-83(136)65(36-25-46-113-98(109)110)117-86(139)68(40-47-150-8)114-79(132)58(7)103/h10-18,26-31,55-58,62-76,78,130H,9,19-25,32-54,99-103H2,1-8H3,(H2,104,131)(H,114,132)(H,115,133)(H,116,137)(H,117,139)(H,118,142)(H,119,140)(H,120,134)(H,121,135)(H,122,136)(H,123,138)(H,124,143)(H,125,145)(H,126,147)(H,127,146)(H,128,141)(H,129,144)(H,148,149)(H4,105,106,111)(H4,107,108,112)(H4,109,110,113)/t57-,58-,62-,63-,64-,65-,66-,67-,68-,69-,70-,71-,72-,73-,74-,75-,76-,78-/m0/s1. The molecule has 0 radical (unpaired) electrons. The van der Waals surface area contributed by atoms with Crippen LogP contribution in [-0.2, 0) is 106 Å². The number of unbranched alkanes of at least 4 members (excludes halogenated alkanes) is 2. The first-order chi connectivity index (χ1) is 71.2. The van der Waals surface area contributed by atoms with Crippen LogP contribution in [0.3, 0.4) is 0 Å². The smallest absolute Gasteiger partial charge is 0.326 e. The van der Waals surface area contributed by atoms with Crippen molar-refractivity contribution in [3.63, 3.8) is 0 Å². The number of carboxylic acids is 1. The predicted molar refractivity (Wildman–Crippen MR) is 565 cm³/mol. The average Bonchev–Trinajstić information content (AvgIpc) is 0.841. The Hall–Kier alpha value is -14.0. The van der Waals surface area contributed by atoms with E-state index in [1.165, 1.54) is 18.7 Å². The Morgan fingerprint density at radius 1 is 0.320 bits per heavy atom. The lowest BCUT2D eigenvalue weighted by Crippen LogP contribution is -2.62. The number of hydrogen-bond acceptors (Lipinski definition) is 28. The van der Waals surface area contributed by atoms with Crippen LogP contribution in [0.25, 0.3) is 0 Å². The highest BCUT2D eigenvalue weighted by Crippen LogP contribution is 2.19. The van der Waals surface area contributed by atoms with Gasteiger partial charge in [0, 0.05) is 51.9 Å². The maximum atomic E-state index is 15.3. The molecule has 0 bridgehead atoms. The number of aliphatic hydroxyl groups is 1. The van der Waals surface area contributed by atoms with Gasteiger partial charge in [-0.25, -0.2) is 4.79 Å². The molecule has 0 aliphatic carbocycles. The van der Waals surface area contributed by atoms with E-state index in [1.807, 2.05) is 0 Å². The first-order valence-electron chi connectivity index (χ1n) is 50.6. The SMILES string of the molecule is CC[C@H](C)[C@H](NC(=O)[C@H](Cc1ccccc1)NC(=O)[C@H](CCN)NC(=O)[C@H](CCCNC(=N)N)NC(=O)[C@H](Cc1ccccc1)NC(=O)[C@H](Cc1ccccc1)NC(=O)[C@H](CN)NC(=O)[C@H](CO)NC(=O)[C@H](CC(C)C)NC(=O)[C@H](CCCNC(=N)N)NC(=O)[C@H](CCSC)NC(=O)[C@H](C)N)C(=O)N[C@@H](CC(C)C)C(=O)N[C@@H](CCC(N)=O)C(=O)N[C@@H](CCCNC(=N)N)C(=O)N[C@@H](CCCCN)C(=O)N[C@@H](CCCCN)C(=O)O. The summed E-state index contributed by atoms with van der Waals surface area (Å²) in [5, 5.41) is 93.7. The minimum Gasteiger partial charge on any atom is -0.480 e. The lowest BCUT2D eigenvalue weighted by molar-refractivity contribution is -0.142. The normalized spacial score (nSPS) is 14.7. The molecule has 0 fully saturated rings. The van der Waals surface area contributed by atoms with Crippen molar-refractivity contribution in [2.24, 2.45) is 69.4 Å². The Balaban J connectivity index is 2.07. The Bertz CT molecular complexity index is 4830. The minimum absolute atomic E-state index is 0.00812. The second kappa shape index (κ2) is 71.6. The highest BCUT2D eigenvalue weighted by molar-refractivity contribution is 7.98. The Labute approximate surface area is 879 Å². The summed E-state index contributed by atoms with van der Waals surface area (Å²) in [6, 6.07) is -0.420. The van der Waals surface area contributed by atoms with Crippen molar-refractivity contribution in [1.29, 1.82) is 16.2 Å². The number of rotatable bonds is 75. The molecule has 3 rings (SSSR count). The van der Waals surface area contributed by atoms with Gasteiger partial charge in [-0.1, -0.05) is 139 Å². The van der Waals surface area contributed by atoms with E-state index >= 15 is 28.8 Å². The molecule has 42 N–H and O–H groups in total. The molecular formula is C98H163N31O20S. The third-order valence-corrected chi connectivity index (χ3v) is 24.6. The highest BCUT2D eigenvalue weighted by atomic mass is 32.2. The zero-order valence-electron chi connectivity index (χ0n) is 87.0. The molecule has 0 saturated carbocycles. The fourth-order valence-corrected chi connectivity index (χ4v) is 15.9. The van der Waals surface area contributed by atoms with E-state index in [2.05, 4.69) is 101 Å². The van der Waals surface area contributed by atoms with Crippen LogP contribution in [0.15, 0.2) is 91.0 Å². The quantitative estimate of drug-likeness (QED) is 0.0142. The number of primary amides is 1. The van der Waals surface area contributed by atoms with Gasteiger partial charge in [-0.3, -0.25) is 97.7 Å². The van der Waals surface area contributed by atoms with E-state index < -0.39 is 253 Å². The first kappa shape index (κ1) is 130. The lowest BCUT2D eigenvalue weighted by Gasteiger charge is -2.30. The largest absolute Gasteiger partial charge is 0.480 e. The first-order valence-corrected chi connectivity index (χ1v) is 52.0. The lowest BCUT2D eigenvalue weighted by atomic mass is 9.95. The van der Waals surface area contributed by atoms with E-state index in [0.29, 0.717) is 48.1 Å². The summed E-state index contributed by atoms with van der Waals surface area (Å²) < 4.78 is 0. The van der Waals surface area contributed by atoms with Crippen molar-refractivity contribution >= 4 is 136 Å². The van der Waals surface area contributed by atoms with Crippen LogP contribution in [0, 0.1) is 34.0 Å². The number of aliphatic carboxylic acids is 1. The number of nitrogens with one attached hydrogen (secondary N) is 22. The van der Waals surface area contributed by atoms with Crippen molar-refractivity contribution in [2.75, 3.05) is 64.4 Å². The van der Waals surface area contributed by atoms with Crippen molar-refractivity contribution in [1.82, 2.24) is 101 Å². The minimum atomic E-state index is -1.83. The summed E-state index contributed by atoms with van der Waals surface area (Å²) in [5.41, 5.74) is 53.2. The summed E-state index contributed by atoms with van der Waals surface area (Å²) in [6.07, 6.45) is 1.19. The van der Waals surface area contributed by atoms with Crippen LogP contribution in [0.4, 0.5) is 0 Å². The summed E-state index contributed by atoms with van der Waals surface area (Å²) in [6.45, 7) is 10.2. The van der Waals surface area contributed by atoms with Gasteiger partial charge in [-0.05, 0) is 182 Å². The van der Waals surface area contributed by atoms with Crippen LogP contribution in [0.5, 0.6) is 0 Å². The third-order valence-electron chi connectivity index (χ3n) is 24.0. The second-order valence-corrected chi connectivity index (χ2v) is 38.5. The highest BCUT2D eigenvalue weighted by Gasteiger charge is 2.41. The monoisotopic (exact) mass is 2130 g/mol. The molecule has 52 heteroatoms. The molecule has 150 heavy (non-hydrogen) atoms. The molecule has 17 amide bonds. The number of aliphatic hydroxyl groups excluding tert-OH is 1. The van der Waals surface area contributed by atoms with Crippen molar-refractivity contribution in [2.45, 2.75) is 292 Å². The van der Waals surface area contributed by atoms with Gasteiger partial charge in [0.15, 0.2) is 17.9 Å². The van der Waals surface area contributed by atoms with Crippen molar-refractivity contribution in [3.05, 3.63) is 108 Å². The molecule has 3 aromatic rings. The summed E-state index contributed by atoms with van der Waals surface area (Å²) >= 11 is 1.39. The molecule has 51 nitrogen and oxygen atoms in total. The molecule has 836 valence electrons. The fraction of sp³-hybridized carbons (Fsp3) is 0.602. The van der Waals surface area contributed by atoms with Crippen LogP contribution in [0.2, 0.25) is 0 Å². The van der Waals surface area contributed by atoms with E-state index in [9.17, 15) is 67.7 Å². The third kappa shape index (κ3) is 51.3. The number of carboxylic acid groups (broad SMARTS) is 1. The Kier molecular flexibility index (Phi) is 62.2. The maximum Gasteiger partial charge on any atom is 0.326 e. The summed E-state index contributed by atoms with van der Waals surface area (Å²) in [5.74, 6) is -19.5. The number of nitrogens with two attached hydrogens (primary N) is 9. The summed E-state index contributed by atoms with van der Waals surface area (Å²) in [4.78, 5) is 258. The van der Waals surface area contributed by atoms with Crippen LogP contribution >= 0.6 is 11.8 Å². The molecule has 0 unspecified atom stereocenters. The molecule has 18 atom stereocenters. The van der Waals surface area contributed by atoms with Crippen molar-refractivity contribution < 1.29 is 96.5 Å². The van der Waals surface area contributed by atoms with Gasteiger partial charge >= 0.3 is 5.97 Å². The molecule has 0 heterocycles. The second-order valence-electron chi connectivity index (χ2n) is 37.5. The number of hydrogen-bond donors (Lipinski definition) is 33. The van der Waals surface area contributed by atoms with E-state index in [1.54, 1.807) is 139 Å². The maximum absolute atomic E-state index is 15.3. The molecule has 0 aliphatic heterocycles. The predicted octanol–water partition coefficient (Wildman–Crippen LogP) is -6.59. The van der Waals surface area contributed by atoms with Gasteiger partial charge < -0.3 is 163 Å². The van der Waals surface area contributed by atoms with E-state index in [4.69, 9.17) is 67.8 Å². The average molecular weight is 2130 g/mol. The van der Waals surface area contributed by atoms with Gasteiger partial charge in [-0.2, -0.15) is 11.8 Å². The number of amides is 17. The molecule has 0 spiro atoms. The fourth-order valence-electron chi connectivity index (χ4n) is 15.5. The molecule has 3 aromatic carbocycles. The topological polar surface area (TPSA) is 882 Å². The number of carbonyl (C=O) groups excluding carboxylic acids is 17.